The maximum atomic E-state index is 12.1. The molecule has 0 spiro atoms. The lowest BCUT2D eigenvalue weighted by molar-refractivity contribution is 0.00578. The largest absolute Gasteiger partial charge is 0.486 e. The molecule has 2 aliphatic rings. The average Bonchev–Trinajstić information content (AvgIpc) is 2.65. The molecule has 2 rings (SSSR count). The number of carbonyl (C=O) groups excluding carboxylic acids is 1. The van der Waals surface area contributed by atoms with E-state index in [-0.39, 0.29) is 24.4 Å². The van der Waals surface area contributed by atoms with Crippen LogP contribution in [0.3, 0.4) is 0 Å². The Labute approximate surface area is 153 Å². The zero-order valence-electron chi connectivity index (χ0n) is 16.9. The second-order valence-electron chi connectivity index (χ2n) is 9.20. The second kappa shape index (κ2) is 7.32. The Morgan fingerprint density at radius 3 is 2.16 bits per heavy atom. The smallest absolute Gasteiger partial charge is 0.444 e. The van der Waals surface area contributed by atoms with Crippen molar-refractivity contribution in [2.45, 2.75) is 84.5 Å². The molecule has 1 amide bonds. The maximum Gasteiger partial charge on any atom is 0.486 e. The quantitative estimate of drug-likeness (QED) is 0.715. The van der Waals surface area contributed by atoms with E-state index < -0.39 is 5.60 Å². The van der Waals surface area contributed by atoms with Crippen LogP contribution in [-0.2, 0) is 14.0 Å². The van der Waals surface area contributed by atoms with Crippen molar-refractivity contribution < 1.29 is 18.8 Å². The van der Waals surface area contributed by atoms with Gasteiger partial charge in [-0.2, -0.15) is 0 Å². The minimum absolute atomic E-state index is 0.196. The summed E-state index contributed by atoms with van der Waals surface area (Å²) in [5.41, 5.74) is -1.01. The second-order valence-corrected chi connectivity index (χ2v) is 9.20. The van der Waals surface area contributed by atoms with Gasteiger partial charge in [0.25, 0.3) is 0 Å². The van der Waals surface area contributed by atoms with Crippen molar-refractivity contribution in [1.82, 2.24) is 4.90 Å². The Morgan fingerprint density at radius 2 is 1.68 bits per heavy atom. The molecule has 0 saturated carbocycles. The number of carbonyl (C=O) groups is 1. The van der Waals surface area contributed by atoms with E-state index in [2.05, 4.69) is 33.8 Å². The zero-order chi connectivity index (χ0) is 18.9. The molecule has 0 radical (unpaired) electrons. The maximum absolute atomic E-state index is 12.1. The molecule has 0 aromatic carbocycles. The number of amides is 1. The third-order valence-electron chi connectivity index (χ3n) is 5.30. The van der Waals surface area contributed by atoms with Crippen LogP contribution in [0.4, 0.5) is 4.79 Å². The van der Waals surface area contributed by atoms with Gasteiger partial charge in [0.15, 0.2) is 0 Å². The van der Waals surface area contributed by atoms with Crippen LogP contribution in [0, 0.1) is 5.92 Å². The highest BCUT2D eigenvalue weighted by Gasteiger charge is 2.49. The van der Waals surface area contributed by atoms with Crippen LogP contribution in [0.1, 0.15) is 67.7 Å². The van der Waals surface area contributed by atoms with E-state index in [1.165, 1.54) is 0 Å². The third-order valence-corrected chi connectivity index (χ3v) is 5.30. The fourth-order valence-electron chi connectivity index (χ4n) is 3.03. The van der Waals surface area contributed by atoms with Gasteiger partial charge in [0.05, 0.1) is 11.2 Å². The minimum Gasteiger partial charge on any atom is -0.444 e. The Bertz CT molecular complexity index is 486. The number of piperidine rings is 1. The molecule has 0 unspecified atom stereocenters. The summed E-state index contributed by atoms with van der Waals surface area (Å²) in [5, 5.41) is 0. The van der Waals surface area contributed by atoms with Crippen LogP contribution in [0.25, 0.3) is 0 Å². The third kappa shape index (κ3) is 5.48. The molecular formula is C19H34BNO4. The van der Waals surface area contributed by atoms with E-state index >= 15 is 0 Å². The normalized spacial score (nSPS) is 24.1. The van der Waals surface area contributed by atoms with Gasteiger partial charge in [0.1, 0.15) is 5.60 Å². The van der Waals surface area contributed by atoms with Crippen LogP contribution >= 0.6 is 0 Å². The lowest BCUT2D eigenvalue weighted by Gasteiger charge is -2.33. The summed E-state index contributed by atoms with van der Waals surface area (Å²) in [6, 6.07) is 0. The van der Waals surface area contributed by atoms with Crippen molar-refractivity contribution in [3.63, 3.8) is 0 Å². The summed E-state index contributed by atoms with van der Waals surface area (Å²) in [6.07, 6.45) is 4.97. The number of allylic oxidation sites excluding steroid dienone is 1. The molecule has 0 aromatic heterocycles. The molecule has 142 valence electrons. The zero-order valence-corrected chi connectivity index (χ0v) is 16.9. The molecule has 5 nitrogen and oxygen atoms in total. The Kier molecular flexibility index (Phi) is 5.94. The fourth-order valence-corrected chi connectivity index (χ4v) is 3.03. The summed E-state index contributed by atoms with van der Waals surface area (Å²) >= 11 is 0. The summed E-state index contributed by atoms with van der Waals surface area (Å²) in [4.78, 5) is 13.9. The minimum atomic E-state index is -0.431. The molecule has 0 N–H and O–H groups in total. The molecule has 2 fully saturated rings. The first-order valence-corrected chi connectivity index (χ1v) is 9.40. The van der Waals surface area contributed by atoms with Crippen molar-refractivity contribution in [1.29, 1.82) is 0 Å². The van der Waals surface area contributed by atoms with Crippen LogP contribution < -0.4 is 0 Å². The van der Waals surface area contributed by atoms with Crippen molar-refractivity contribution in [3.8, 4) is 0 Å². The molecule has 2 heterocycles. The Hall–Kier alpha value is -1.01. The highest BCUT2D eigenvalue weighted by molar-refractivity contribution is 6.51. The fraction of sp³-hybridized carbons (Fsp3) is 0.842. The molecule has 0 aromatic rings. The number of ether oxygens (including phenoxy) is 1. The first-order valence-electron chi connectivity index (χ1n) is 9.40. The number of hydrogen-bond donors (Lipinski definition) is 0. The number of rotatable bonds is 3. The topological polar surface area (TPSA) is 48.0 Å². The van der Waals surface area contributed by atoms with Gasteiger partial charge in [-0.25, -0.2) is 4.79 Å². The van der Waals surface area contributed by atoms with Crippen LogP contribution in [0.15, 0.2) is 12.1 Å². The molecule has 0 atom stereocenters. The predicted octanol–water partition coefficient (Wildman–Crippen LogP) is 4.21. The number of likely N-dealkylation sites (tertiary alicyclic amines) is 1. The average molecular weight is 351 g/mol. The standard InChI is InChI=1S/C19H34BNO4/c1-17(2,3)23-16(22)21-13-10-15(11-14-21)9-8-12-20-24-18(4,5)19(6,7)25-20/h8,12,15H,9-11,13-14H2,1-7H3. The van der Waals surface area contributed by atoms with Crippen LogP contribution in [-0.4, -0.2) is 48.0 Å². The van der Waals surface area contributed by atoms with E-state index in [4.69, 9.17) is 14.0 Å². The van der Waals surface area contributed by atoms with E-state index in [9.17, 15) is 4.79 Å². The molecule has 25 heavy (non-hydrogen) atoms. The van der Waals surface area contributed by atoms with Gasteiger partial charge < -0.3 is 18.9 Å². The van der Waals surface area contributed by atoms with E-state index in [1.54, 1.807) is 0 Å². The monoisotopic (exact) mass is 351 g/mol. The SMILES string of the molecule is CC(C)(C)OC(=O)N1CCC(CC=CB2OC(C)(C)C(C)(C)O2)CC1. The summed E-state index contributed by atoms with van der Waals surface area (Å²) in [7, 11) is -0.271. The van der Waals surface area contributed by atoms with Crippen LogP contribution in [0.5, 0.6) is 0 Å². The van der Waals surface area contributed by atoms with Crippen molar-refractivity contribution >= 4 is 13.2 Å². The molecule has 2 aliphatic heterocycles. The first-order chi connectivity index (χ1) is 11.4. The van der Waals surface area contributed by atoms with Crippen LogP contribution in [0.2, 0.25) is 0 Å². The van der Waals surface area contributed by atoms with Gasteiger partial charge >= 0.3 is 13.2 Å². The lowest BCUT2D eigenvalue weighted by Crippen LogP contribution is -2.41. The van der Waals surface area contributed by atoms with Gasteiger partial charge in [0.2, 0.25) is 0 Å². The Balaban J connectivity index is 1.73. The molecule has 0 bridgehead atoms. The molecule has 6 heteroatoms. The van der Waals surface area contributed by atoms with Gasteiger partial charge in [0, 0.05) is 13.1 Å². The Morgan fingerprint density at radius 1 is 1.16 bits per heavy atom. The van der Waals surface area contributed by atoms with E-state index in [0.717, 1.165) is 32.4 Å². The summed E-state index contributed by atoms with van der Waals surface area (Å²) < 4.78 is 17.4. The van der Waals surface area contributed by atoms with Crippen molar-refractivity contribution in [2.75, 3.05) is 13.1 Å². The van der Waals surface area contributed by atoms with Crippen molar-refractivity contribution in [3.05, 3.63) is 12.1 Å². The van der Waals surface area contributed by atoms with Crippen molar-refractivity contribution in [2.24, 2.45) is 5.92 Å². The number of hydrogen-bond acceptors (Lipinski definition) is 4. The molecular weight excluding hydrogens is 317 g/mol. The van der Waals surface area contributed by atoms with E-state index in [1.807, 2.05) is 31.6 Å². The summed E-state index contributed by atoms with van der Waals surface area (Å²) in [5.74, 6) is 2.62. The highest BCUT2D eigenvalue weighted by atomic mass is 16.7. The lowest BCUT2D eigenvalue weighted by atomic mass is 9.87. The van der Waals surface area contributed by atoms with Gasteiger partial charge in [-0.15, -0.1) is 0 Å². The van der Waals surface area contributed by atoms with Gasteiger partial charge in [-0.3, -0.25) is 0 Å². The number of nitrogens with zero attached hydrogens (tertiary/aromatic N) is 1. The highest BCUT2D eigenvalue weighted by Crippen LogP contribution is 2.37. The predicted molar refractivity (Wildman–Crippen MR) is 100 cm³/mol. The van der Waals surface area contributed by atoms with Gasteiger partial charge in [-0.05, 0) is 73.6 Å². The summed E-state index contributed by atoms with van der Waals surface area (Å²) in [6.45, 7) is 15.5. The van der Waals surface area contributed by atoms with E-state index in [0.29, 0.717) is 5.92 Å². The molecule has 0 aliphatic carbocycles. The molecule has 2 saturated heterocycles. The first kappa shape index (κ1) is 20.3. The van der Waals surface area contributed by atoms with Gasteiger partial charge in [-0.1, -0.05) is 12.1 Å².